The van der Waals surface area contributed by atoms with E-state index in [0.717, 1.165) is 10.5 Å². The largest absolute Gasteiger partial charge is 0.493 e. The molecule has 8 heteroatoms. The Morgan fingerprint density at radius 2 is 1.90 bits per heavy atom. The van der Waals surface area contributed by atoms with E-state index in [9.17, 15) is 9.59 Å². The zero-order valence-corrected chi connectivity index (χ0v) is 16.5. The van der Waals surface area contributed by atoms with Crippen LogP contribution in [-0.4, -0.2) is 48.8 Å². The molecule has 1 saturated heterocycles. The molecule has 0 saturated carbocycles. The number of benzene rings is 2. The molecule has 4 rings (SSSR count). The number of aromatic nitrogens is 1. The van der Waals surface area contributed by atoms with Crippen molar-refractivity contribution in [2.24, 2.45) is 0 Å². The quantitative estimate of drug-likeness (QED) is 0.616. The van der Waals surface area contributed by atoms with Crippen LogP contribution in [0.25, 0.3) is 11.3 Å². The van der Waals surface area contributed by atoms with Crippen molar-refractivity contribution in [3.8, 4) is 22.8 Å². The molecule has 0 radical (unpaired) electrons. The van der Waals surface area contributed by atoms with Crippen LogP contribution in [0.4, 0.5) is 4.79 Å². The van der Waals surface area contributed by atoms with E-state index in [2.05, 4.69) is 4.98 Å². The summed E-state index contributed by atoms with van der Waals surface area (Å²) in [5, 5.41) is 0. The maximum Gasteiger partial charge on any atom is 0.417 e. The van der Waals surface area contributed by atoms with Gasteiger partial charge in [0.1, 0.15) is 6.61 Å². The lowest BCUT2D eigenvalue weighted by atomic mass is 10.0. The number of nitrogens with zero attached hydrogens (tertiary/aromatic N) is 2. The Morgan fingerprint density at radius 3 is 2.63 bits per heavy atom. The zero-order chi connectivity index (χ0) is 21.1. The fraction of sp³-hybridized carbons (Fsp3) is 0.227. The molecule has 2 amide bonds. The molecular weight excluding hydrogens is 388 g/mol. The minimum Gasteiger partial charge on any atom is -0.493 e. The van der Waals surface area contributed by atoms with Crippen molar-refractivity contribution in [3.05, 3.63) is 66.2 Å². The lowest BCUT2D eigenvalue weighted by Gasteiger charge is -2.19. The van der Waals surface area contributed by atoms with Crippen molar-refractivity contribution in [1.82, 2.24) is 9.88 Å². The van der Waals surface area contributed by atoms with Crippen molar-refractivity contribution in [3.63, 3.8) is 0 Å². The van der Waals surface area contributed by atoms with E-state index < -0.39 is 18.0 Å². The molecule has 0 spiro atoms. The van der Waals surface area contributed by atoms with Crippen LogP contribution in [0.15, 0.2) is 59.3 Å². The van der Waals surface area contributed by atoms with Crippen LogP contribution in [-0.2, 0) is 11.2 Å². The highest BCUT2D eigenvalue weighted by molar-refractivity contribution is 6.05. The van der Waals surface area contributed by atoms with Crippen molar-refractivity contribution in [1.29, 1.82) is 0 Å². The third-order valence-electron chi connectivity index (χ3n) is 4.91. The molecular formula is C22H20N2O6. The van der Waals surface area contributed by atoms with Crippen LogP contribution in [0.1, 0.15) is 16.1 Å². The number of hydrogen-bond acceptors (Lipinski definition) is 7. The minimum absolute atomic E-state index is 0.0270. The van der Waals surface area contributed by atoms with Crippen LogP contribution >= 0.6 is 0 Å². The third kappa shape index (κ3) is 3.59. The summed E-state index contributed by atoms with van der Waals surface area (Å²) in [6.07, 6.45) is 0.969. The molecule has 0 N–H and O–H groups in total. The van der Waals surface area contributed by atoms with Gasteiger partial charge in [-0.15, -0.1) is 0 Å². The SMILES string of the molecule is COc1ccc(-c2ocnc2C(=O)N2C(=O)OC[C@@H]2Cc2ccccc2)cc1OC. The third-order valence-corrected chi connectivity index (χ3v) is 4.91. The van der Waals surface area contributed by atoms with E-state index in [1.807, 2.05) is 30.3 Å². The van der Waals surface area contributed by atoms with Crippen LogP contribution in [0.3, 0.4) is 0 Å². The number of amides is 2. The lowest BCUT2D eigenvalue weighted by Crippen LogP contribution is -2.40. The van der Waals surface area contributed by atoms with Gasteiger partial charge in [-0.1, -0.05) is 30.3 Å². The Morgan fingerprint density at radius 1 is 1.13 bits per heavy atom. The predicted octanol–water partition coefficient (Wildman–Crippen LogP) is 3.56. The monoisotopic (exact) mass is 408 g/mol. The second-order valence-corrected chi connectivity index (χ2v) is 6.70. The summed E-state index contributed by atoms with van der Waals surface area (Å²) in [6, 6.07) is 14.3. The Hall–Kier alpha value is -3.81. The molecule has 154 valence electrons. The summed E-state index contributed by atoms with van der Waals surface area (Å²) in [6.45, 7) is 0.128. The summed E-state index contributed by atoms with van der Waals surface area (Å²) in [4.78, 5) is 30.7. The summed E-state index contributed by atoms with van der Waals surface area (Å²) in [5.74, 6) is 0.683. The van der Waals surface area contributed by atoms with Crippen molar-refractivity contribution in [2.45, 2.75) is 12.5 Å². The lowest BCUT2D eigenvalue weighted by molar-refractivity contribution is 0.0770. The average molecular weight is 408 g/mol. The number of hydrogen-bond donors (Lipinski definition) is 0. The average Bonchev–Trinajstić information content (AvgIpc) is 3.40. The van der Waals surface area contributed by atoms with Crippen LogP contribution < -0.4 is 9.47 Å². The number of imide groups is 1. The molecule has 0 unspecified atom stereocenters. The highest BCUT2D eigenvalue weighted by atomic mass is 16.6. The predicted molar refractivity (Wildman–Crippen MR) is 106 cm³/mol. The molecule has 1 atom stereocenters. The van der Waals surface area contributed by atoms with Gasteiger partial charge in [-0.3, -0.25) is 4.79 Å². The number of oxazole rings is 1. The molecule has 2 heterocycles. The van der Waals surface area contributed by atoms with Crippen molar-refractivity contribution in [2.75, 3.05) is 20.8 Å². The first-order valence-corrected chi connectivity index (χ1v) is 9.32. The summed E-state index contributed by atoms with van der Waals surface area (Å²) < 4.78 is 21.2. The van der Waals surface area contributed by atoms with E-state index in [-0.39, 0.29) is 18.1 Å². The van der Waals surface area contributed by atoms with Gasteiger partial charge in [-0.05, 0) is 30.2 Å². The molecule has 30 heavy (non-hydrogen) atoms. The fourth-order valence-corrected chi connectivity index (χ4v) is 3.44. The maximum absolute atomic E-state index is 13.2. The number of carbonyl (C=O) groups excluding carboxylic acids is 2. The molecule has 3 aromatic rings. The molecule has 8 nitrogen and oxygen atoms in total. The number of cyclic esters (lactones) is 1. The van der Waals surface area contributed by atoms with Gasteiger partial charge in [0.15, 0.2) is 29.3 Å². The van der Waals surface area contributed by atoms with Crippen LogP contribution in [0.2, 0.25) is 0 Å². The maximum atomic E-state index is 13.2. The zero-order valence-electron chi connectivity index (χ0n) is 16.5. The Labute approximate surface area is 173 Å². The van der Waals surface area contributed by atoms with E-state index >= 15 is 0 Å². The molecule has 1 aliphatic heterocycles. The molecule has 1 aliphatic rings. The first kappa shape index (κ1) is 19.5. The summed E-state index contributed by atoms with van der Waals surface area (Å²) >= 11 is 0. The molecule has 0 bridgehead atoms. The van der Waals surface area contributed by atoms with E-state index in [4.69, 9.17) is 18.6 Å². The molecule has 1 aromatic heterocycles. The van der Waals surface area contributed by atoms with Crippen LogP contribution in [0.5, 0.6) is 11.5 Å². The van der Waals surface area contributed by atoms with Crippen molar-refractivity contribution < 1.29 is 28.2 Å². The smallest absolute Gasteiger partial charge is 0.417 e. The van der Waals surface area contributed by atoms with Gasteiger partial charge in [-0.25, -0.2) is 14.7 Å². The van der Waals surface area contributed by atoms with Gasteiger partial charge < -0.3 is 18.6 Å². The Kier molecular flexibility index (Phi) is 5.38. The minimum atomic E-state index is -0.692. The van der Waals surface area contributed by atoms with Crippen LogP contribution in [0, 0.1) is 0 Å². The number of rotatable bonds is 6. The second kappa shape index (κ2) is 8.28. The van der Waals surface area contributed by atoms with Crippen molar-refractivity contribution >= 4 is 12.0 Å². The van der Waals surface area contributed by atoms with Gasteiger partial charge in [0.2, 0.25) is 0 Å². The first-order chi connectivity index (χ1) is 14.6. The fourth-order valence-electron chi connectivity index (χ4n) is 3.44. The Bertz CT molecular complexity index is 1060. The first-order valence-electron chi connectivity index (χ1n) is 9.32. The van der Waals surface area contributed by atoms with E-state index in [1.165, 1.54) is 20.6 Å². The summed E-state index contributed by atoms with van der Waals surface area (Å²) in [5.41, 5.74) is 1.60. The van der Waals surface area contributed by atoms with E-state index in [1.54, 1.807) is 18.2 Å². The number of methoxy groups -OCH3 is 2. The number of carbonyl (C=O) groups is 2. The van der Waals surface area contributed by atoms with Gasteiger partial charge in [0.25, 0.3) is 5.91 Å². The molecule has 0 aliphatic carbocycles. The van der Waals surface area contributed by atoms with Gasteiger partial charge >= 0.3 is 6.09 Å². The molecule has 2 aromatic carbocycles. The normalized spacial score (nSPS) is 15.7. The van der Waals surface area contributed by atoms with Gasteiger partial charge in [0.05, 0.1) is 20.3 Å². The highest BCUT2D eigenvalue weighted by Crippen LogP contribution is 2.34. The number of ether oxygens (including phenoxy) is 3. The second-order valence-electron chi connectivity index (χ2n) is 6.70. The standard InChI is InChI=1S/C22H20N2O6/c1-27-17-9-8-15(11-18(17)28-2)20-19(23-13-30-20)21(25)24-16(12-29-22(24)26)10-14-6-4-3-5-7-14/h3-9,11,13,16H,10,12H2,1-2H3/t16-/m0/s1. The van der Waals surface area contributed by atoms with E-state index in [0.29, 0.717) is 23.5 Å². The van der Waals surface area contributed by atoms with Gasteiger partial charge in [-0.2, -0.15) is 0 Å². The molecule has 1 fully saturated rings. The highest BCUT2D eigenvalue weighted by Gasteiger charge is 2.40. The Balaban J connectivity index is 1.64. The van der Waals surface area contributed by atoms with Gasteiger partial charge in [0, 0.05) is 5.56 Å². The summed E-state index contributed by atoms with van der Waals surface area (Å²) in [7, 11) is 3.05. The topological polar surface area (TPSA) is 91.1 Å².